The predicted molar refractivity (Wildman–Crippen MR) is 52.5 cm³/mol. The Bertz CT molecular complexity index is 322. The fourth-order valence-corrected chi connectivity index (χ4v) is 0.735. The average molecular weight is 229 g/mol. The first-order chi connectivity index (χ1) is 7.34. The third-order valence-electron chi connectivity index (χ3n) is 1.58. The molecule has 3 N–H and O–H groups in total. The van der Waals surface area contributed by atoms with Crippen LogP contribution in [0.4, 0.5) is 0 Å². The van der Waals surface area contributed by atoms with Gasteiger partial charge in [-0.3, -0.25) is 0 Å². The van der Waals surface area contributed by atoms with Crippen molar-refractivity contribution in [3.8, 4) is 0 Å². The topological polar surface area (TPSA) is 115 Å². The molecule has 7 heteroatoms. The molecule has 0 radical (unpaired) electrons. The Balaban J connectivity index is 4.83. The zero-order chi connectivity index (χ0) is 12.7. The number of aliphatic carboxylic acids is 3. The van der Waals surface area contributed by atoms with Gasteiger partial charge in [0.1, 0.15) is 6.04 Å². The molecule has 0 aliphatic rings. The van der Waals surface area contributed by atoms with Crippen molar-refractivity contribution >= 4 is 17.9 Å². The molecule has 7 nitrogen and oxygen atoms in total. The molecule has 0 rings (SSSR count). The summed E-state index contributed by atoms with van der Waals surface area (Å²) < 4.78 is 0. The van der Waals surface area contributed by atoms with Crippen LogP contribution in [0.2, 0.25) is 0 Å². The fraction of sp³-hybridized carbons (Fsp3) is 0.222. The molecular formula is C9H11NO6. The Hall–Kier alpha value is -2.31. The average Bonchev–Trinajstić information content (AvgIpc) is 2.16. The molecule has 0 aliphatic heterocycles. The lowest BCUT2D eigenvalue weighted by atomic mass is 10.3. The highest BCUT2D eigenvalue weighted by Crippen LogP contribution is 2.02. The number of nitrogens with zero attached hydrogens (tertiary/aromatic N) is 1. The molecule has 0 aromatic heterocycles. The SMILES string of the molecule is C[C@@H](C(=O)O)N(C=CC(=O)O)C=CC(=O)O. The minimum absolute atomic E-state index is 0.714. The lowest BCUT2D eigenvalue weighted by Crippen LogP contribution is -2.31. The van der Waals surface area contributed by atoms with E-state index < -0.39 is 23.9 Å². The summed E-state index contributed by atoms with van der Waals surface area (Å²) >= 11 is 0. The number of rotatable bonds is 6. The molecule has 0 bridgehead atoms. The van der Waals surface area contributed by atoms with E-state index in [-0.39, 0.29) is 0 Å². The van der Waals surface area contributed by atoms with Gasteiger partial charge in [-0.05, 0) is 6.92 Å². The van der Waals surface area contributed by atoms with Crippen molar-refractivity contribution in [2.24, 2.45) is 0 Å². The Morgan fingerprint density at radius 3 is 1.62 bits per heavy atom. The van der Waals surface area contributed by atoms with E-state index in [0.29, 0.717) is 12.2 Å². The molecule has 0 saturated heterocycles. The van der Waals surface area contributed by atoms with Crippen molar-refractivity contribution in [1.82, 2.24) is 4.90 Å². The Kier molecular flexibility index (Phi) is 5.33. The van der Waals surface area contributed by atoms with Crippen LogP contribution in [0.1, 0.15) is 6.92 Å². The van der Waals surface area contributed by atoms with Gasteiger partial charge in [-0.1, -0.05) is 0 Å². The molecular weight excluding hydrogens is 218 g/mol. The van der Waals surface area contributed by atoms with Crippen molar-refractivity contribution in [2.45, 2.75) is 13.0 Å². The molecule has 0 amide bonds. The number of hydrogen-bond acceptors (Lipinski definition) is 4. The van der Waals surface area contributed by atoms with E-state index in [9.17, 15) is 14.4 Å². The van der Waals surface area contributed by atoms with Gasteiger partial charge in [0.25, 0.3) is 0 Å². The van der Waals surface area contributed by atoms with Crippen molar-refractivity contribution in [1.29, 1.82) is 0 Å². The van der Waals surface area contributed by atoms with E-state index in [1.807, 2.05) is 0 Å². The van der Waals surface area contributed by atoms with Gasteiger partial charge in [0, 0.05) is 24.6 Å². The predicted octanol–water partition coefficient (Wildman–Crippen LogP) is -0.0419. The van der Waals surface area contributed by atoms with Crippen LogP contribution in [0.3, 0.4) is 0 Å². The highest BCUT2D eigenvalue weighted by molar-refractivity contribution is 5.81. The van der Waals surface area contributed by atoms with E-state index in [0.717, 1.165) is 17.3 Å². The van der Waals surface area contributed by atoms with Gasteiger partial charge in [-0.15, -0.1) is 0 Å². The molecule has 0 spiro atoms. The van der Waals surface area contributed by atoms with E-state index in [1.165, 1.54) is 6.92 Å². The van der Waals surface area contributed by atoms with E-state index >= 15 is 0 Å². The monoisotopic (exact) mass is 229 g/mol. The smallest absolute Gasteiger partial charge is 0.329 e. The number of carboxylic acid groups (broad SMARTS) is 3. The first-order valence-electron chi connectivity index (χ1n) is 4.17. The molecule has 0 unspecified atom stereocenters. The summed E-state index contributed by atoms with van der Waals surface area (Å²) in [6, 6.07) is -1.06. The minimum Gasteiger partial charge on any atom is -0.480 e. The Morgan fingerprint density at radius 2 is 1.38 bits per heavy atom. The zero-order valence-electron chi connectivity index (χ0n) is 8.40. The number of carbonyl (C=O) groups is 3. The lowest BCUT2D eigenvalue weighted by Gasteiger charge is -2.19. The Labute approximate surface area is 90.9 Å². The van der Waals surface area contributed by atoms with Gasteiger partial charge >= 0.3 is 17.9 Å². The van der Waals surface area contributed by atoms with E-state index in [1.54, 1.807) is 0 Å². The first-order valence-corrected chi connectivity index (χ1v) is 4.17. The summed E-state index contributed by atoms with van der Waals surface area (Å²) in [5.41, 5.74) is 0. The third-order valence-corrected chi connectivity index (χ3v) is 1.58. The van der Waals surface area contributed by atoms with Gasteiger partial charge in [0.2, 0.25) is 0 Å². The molecule has 0 aliphatic carbocycles. The maximum atomic E-state index is 10.6. The summed E-state index contributed by atoms with van der Waals surface area (Å²) in [7, 11) is 0. The van der Waals surface area contributed by atoms with Crippen LogP contribution >= 0.6 is 0 Å². The quantitative estimate of drug-likeness (QED) is 0.547. The number of hydrogen-bond donors (Lipinski definition) is 3. The van der Waals surface area contributed by atoms with Crippen molar-refractivity contribution in [3.63, 3.8) is 0 Å². The molecule has 0 heterocycles. The van der Waals surface area contributed by atoms with Crippen molar-refractivity contribution < 1.29 is 29.7 Å². The normalized spacial score (nSPS) is 12.8. The second-order valence-electron chi connectivity index (χ2n) is 2.77. The van der Waals surface area contributed by atoms with Crippen LogP contribution in [0.5, 0.6) is 0 Å². The largest absolute Gasteiger partial charge is 0.480 e. The maximum Gasteiger partial charge on any atom is 0.329 e. The van der Waals surface area contributed by atoms with Crippen molar-refractivity contribution in [2.75, 3.05) is 0 Å². The van der Waals surface area contributed by atoms with Gasteiger partial charge in [0.05, 0.1) is 0 Å². The highest BCUT2D eigenvalue weighted by Gasteiger charge is 2.15. The van der Waals surface area contributed by atoms with E-state index in [4.69, 9.17) is 15.3 Å². The maximum absolute atomic E-state index is 10.6. The van der Waals surface area contributed by atoms with E-state index in [2.05, 4.69) is 0 Å². The summed E-state index contributed by atoms with van der Waals surface area (Å²) in [5.74, 6) is -3.72. The minimum atomic E-state index is -1.26. The van der Waals surface area contributed by atoms with Crippen LogP contribution in [-0.2, 0) is 14.4 Å². The number of carboxylic acids is 3. The van der Waals surface area contributed by atoms with Crippen LogP contribution in [0, 0.1) is 0 Å². The third kappa shape index (κ3) is 5.43. The van der Waals surface area contributed by atoms with Crippen LogP contribution in [0.15, 0.2) is 24.6 Å². The van der Waals surface area contributed by atoms with Crippen LogP contribution in [-0.4, -0.2) is 44.2 Å². The van der Waals surface area contributed by atoms with Crippen molar-refractivity contribution in [3.05, 3.63) is 24.6 Å². The van der Waals surface area contributed by atoms with Crippen LogP contribution in [0.25, 0.3) is 0 Å². The second kappa shape index (κ2) is 6.23. The first kappa shape index (κ1) is 13.7. The summed E-state index contributed by atoms with van der Waals surface area (Å²) in [6.07, 6.45) is 3.37. The molecule has 88 valence electrons. The fourth-order valence-electron chi connectivity index (χ4n) is 0.735. The summed E-state index contributed by atoms with van der Waals surface area (Å²) in [6.45, 7) is 1.29. The molecule has 0 aromatic carbocycles. The molecule has 0 saturated carbocycles. The Morgan fingerprint density at radius 1 is 1.00 bits per heavy atom. The van der Waals surface area contributed by atoms with Gasteiger partial charge in [0.15, 0.2) is 0 Å². The van der Waals surface area contributed by atoms with Gasteiger partial charge < -0.3 is 20.2 Å². The van der Waals surface area contributed by atoms with Gasteiger partial charge in [-0.2, -0.15) is 0 Å². The molecule has 16 heavy (non-hydrogen) atoms. The molecule has 0 aromatic rings. The lowest BCUT2D eigenvalue weighted by molar-refractivity contribution is -0.141. The summed E-state index contributed by atoms with van der Waals surface area (Å²) in [5, 5.41) is 25.4. The summed E-state index contributed by atoms with van der Waals surface area (Å²) in [4.78, 5) is 32.1. The van der Waals surface area contributed by atoms with Gasteiger partial charge in [-0.25, -0.2) is 14.4 Å². The second-order valence-corrected chi connectivity index (χ2v) is 2.77. The molecule has 1 atom stereocenters. The van der Waals surface area contributed by atoms with Crippen LogP contribution < -0.4 is 0 Å². The highest BCUT2D eigenvalue weighted by atomic mass is 16.4. The standard InChI is InChI=1S/C9H11NO6/c1-6(9(15)16)10(4-2-7(11)12)5-3-8(13)14/h2-6H,1H3,(H,11,12)(H,13,14)(H,15,16)/t6-/m0/s1. The molecule has 0 fully saturated rings. The zero-order valence-corrected chi connectivity index (χ0v) is 8.40.